The Morgan fingerprint density at radius 3 is 2.95 bits per heavy atom. The molecule has 0 aromatic carbocycles. The van der Waals surface area contributed by atoms with Gasteiger partial charge in [-0.3, -0.25) is 4.68 Å². The van der Waals surface area contributed by atoms with Crippen molar-refractivity contribution in [2.24, 2.45) is 0 Å². The monoisotopic (exact) mass is 278 g/mol. The highest BCUT2D eigenvalue weighted by Crippen LogP contribution is 2.28. The van der Waals surface area contributed by atoms with Crippen LogP contribution in [0.3, 0.4) is 0 Å². The fourth-order valence-corrected chi connectivity index (χ4v) is 3.14. The molecule has 0 amide bonds. The molecule has 0 bridgehead atoms. The first-order valence-corrected chi connectivity index (χ1v) is 7.59. The van der Waals surface area contributed by atoms with Crippen LogP contribution >= 0.6 is 11.5 Å². The molecule has 1 atom stereocenters. The van der Waals surface area contributed by atoms with Crippen molar-refractivity contribution in [2.45, 2.75) is 50.7 Å². The topological polar surface area (TPSA) is 63.8 Å². The quantitative estimate of drug-likeness (QED) is 0.933. The summed E-state index contributed by atoms with van der Waals surface area (Å²) in [7, 11) is 0. The van der Waals surface area contributed by atoms with Crippen molar-refractivity contribution in [2.75, 3.05) is 0 Å². The number of hydrogen-bond acceptors (Lipinski definition) is 5. The lowest BCUT2D eigenvalue weighted by molar-refractivity contribution is 0.180. The van der Waals surface area contributed by atoms with E-state index in [-0.39, 0.29) is 0 Å². The van der Waals surface area contributed by atoms with E-state index in [0.717, 1.165) is 10.6 Å². The molecule has 5 nitrogen and oxygen atoms in total. The Kier molecular flexibility index (Phi) is 3.89. The predicted molar refractivity (Wildman–Crippen MR) is 72.9 cm³/mol. The average Bonchev–Trinajstić information content (AvgIpc) is 3.11. The third-order valence-corrected chi connectivity index (χ3v) is 4.49. The average molecular weight is 278 g/mol. The zero-order valence-corrected chi connectivity index (χ0v) is 11.6. The minimum Gasteiger partial charge on any atom is -0.387 e. The summed E-state index contributed by atoms with van der Waals surface area (Å²) in [5.74, 6) is 0. The van der Waals surface area contributed by atoms with Crippen LogP contribution in [0.5, 0.6) is 0 Å². The lowest BCUT2D eigenvalue weighted by atomic mass is 9.96. The zero-order valence-electron chi connectivity index (χ0n) is 10.8. The second-order valence-corrected chi connectivity index (χ2v) is 5.94. The van der Waals surface area contributed by atoms with E-state index in [1.54, 1.807) is 6.20 Å². The minimum absolute atomic E-state index is 0.531. The Morgan fingerprint density at radius 2 is 2.21 bits per heavy atom. The van der Waals surface area contributed by atoms with Gasteiger partial charge in [0.2, 0.25) is 0 Å². The van der Waals surface area contributed by atoms with Gasteiger partial charge in [-0.2, -0.15) is 5.10 Å². The molecule has 102 valence electrons. The standard InChI is InChI=1S/C13H18N4OS/c18-12(13-9-14-16-19-13)8-10-6-7-17(15-10)11-4-2-1-3-5-11/h6-7,9,11-12,18H,1-5,8H2. The molecule has 1 unspecified atom stereocenters. The molecule has 1 aliphatic carbocycles. The lowest BCUT2D eigenvalue weighted by Crippen LogP contribution is -2.13. The van der Waals surface area contributed by atoms with Crippen molar-refractivity contribution in [1.82, 2.24) is 19.4 Å². The van der Waals surface area contributed by atoms with Crippen LogP contribution in [-0.4, -0.2) is 24.5 Å². The summed E-state index contributed by atoms with van der Waals surface area (Å²) < 4.78 is 5.85. The van der Waals surface area contributed by atoms with Gasteiger partial charge in [-0.25, -0.2) is 0 Å². The van der Waals surface area contributed by atoms with E-state index in [9.17, 15) is 5.11 Å². The highest BCUT2D eigenvalue weighted by atomic mass is 32.1. The van der Waals surface area contributed by atoms with Gasteiger partial charge in [-0.15, -0.1) is 5.10 Å². The molecule has 0 saturated heterocycles. The number of aromatic nitrogens is 4. The van der Waals surface area contributed by atoms with Gasteiger partial charge in [-0.1, -0.05) is 23.8 Å². The van der Waals surface area contributed by atoms with E-state index in [4.69, 9.17) is 0 Å². The van der Waals surface area contributed by atoms with Crippen LogP contribution in [-0.2, 0) is 6.42 Å². The normalized spacial score (nSPS) is 18.6. The van der Waals surface area contributed by atoms with Crippen LogP contribution < -0.4 is 0 Å². The fraction of sp³-hybridized carbons (Fsp3) is 0.615. The summed E-state index contributed by atoms with van der Waals surface area (Å²) in [5.41, 5.74) is 0.937. The highest BCUT2D eigenvalue weighted by molar-refractivity contribution is 7.05. The van der Waals surface area contributed by atoms with Crippen molar-refractivity contribution >= 4 is 11.5 Å². The van der Waals surface area contributed by atoms with E-state index in [2.05, 4.69) is 19.4 Å². The van der Waals surface area contributed by atoms with E-state index < -0.39 is 6.10 Å². The molecule has 2 heterocycles. The maximum Gasteiger partial charge on any atom is 0.0970 e. The van der Waals surface area contributed by atoms with E-state index in [1.807, 2.05) is 12.3 Å². The molecule has 1 aliphatic rings. The Balaban J connectivity index is 1.64. The Bertz CT molecular complexity index is 504. The molecular formula is C13H18N4OS. The number of aliphatic hydroxyl groups excluding tert-OH is 1. The van der Waals surface area contributed by atoms with Gasteiger partial charge in [0.25, 0.3) is 0 Å². The van der Waals surface area contributed by atoms with Crippen molar-refractivity contribution in [3.05, 3.63) is 29.0 Å². The maximum atomic E-state index is 10.1. The Labute approximate surface area is 116 Å². The SMILES string of the molecule is OC(Cc1ccn(C2CCCCC2)n1)c1cnns1. The first kappa shape index (κ1) is 12.7. The summed E-state index contributed by atoms with van der Waals surface area (Å²) in [6, 6.07) is 2.55. The molecule has 0 radical (unpaired) electrons. The fourth-order valence-electron chi connectivity index (χ4n) is 2.66. The van der Waals surface area contributed by atoms with Gasteiger partial charge < -0.3 is 5.11 Å². The Hall–Kier alpha value is -1.27. The van der Waals surface area contributed by atoms with Gasteiger partial charge in [0.1, 0.15) is 0 Å². The molecule has 0 aliphatic heterocycles. The molecule has 19 heavy (non-hydrogen) atoms. The zero-order chi connectivity index (χ0) is 13.1. The minimum atomic E-state index is -0.547. The van der Waals surface area contributed by atoms with Crippen molar-refractivity contribution < 1.29 is 5.11 Å². The van der Waals surface area contributed by atoms with Gasteiger partial charge in [-0.05, 0) is 30.4 Å². The lowest BCUT2D eigenvalue weighted by Gasteiger charge is -2.21. The number of hydrogen-bond donors (Lipinski definition) is 1. The summed E-state index contributed by atoms with van der Waals surface area (Å²) in [6.45, 7) is 0. The molecule has 1 saturated carbocycles. The van der Waals surface area contributed by atoms with E-state index in [1.165, 1.54) is 43.6 Å². The molecule has 1 fully saturated rings. The van der Waals surface area contributed by atoms with Gasteiger partial charge in [0.15, 0.2) is 0 Å². The molecule has 2 aromatic rings. The summed E-state index contributed by atoms with van der Waals surface area (Å²) >= 11 is 1.24. The second kappa shape index (κ2) is 5.79. The predicted octanol–water partition coefficient (Wildman–Crippen LogP) is 2.52. The molecule has 3 rings (SSSR count). The third-order valence-electron chi connectivity index (χ3n) is 3.72. The van der Waals surface area contributed by atoms with E-state index in [0.29, 0.717) is 12.5 Å². The Morgan fingerprint density at radius 1 is 1.37 bits per heavy atom. The van der Waals surface area contributed by atoms with Gasteiger partial charge in [0, 0.05) is 12.6 Å². The maximum absolute atomic E-state index is 10.1. The number of nitrogens with zero attached hydrogens (tertiary/aromatic N) is 4. The molecule has 0 spiro atoms. The van der Waals surface area contributed by atoms with Crippen LogP contribution in [0.2, 0.25) is 0 Å². The number of aliphatic hydroxyl groups is 1. The van der Waals surface area contributed by atoms with Crippen LogP contribution in [0.4, 0.5) is 0 Å². The van der Waals surface area contributed by atoms with Gasteiger partial charge >= 0.3 is 0 Å². The van der Waals surface area contributed by atoms with Crippen molar-refractivity contribution in [1.29, 1.82) is 0 Å². The number of rotatable bonds is 4. The van der Waals surface area contributed by atoms with Crippen LogP contribution in [0, 0.1) is 0 Å². The molecular weight excluding hydrogens is 260 g/mol. The van der Waals surface area contributed by atoms with Crippen molar-refractivity contribution in [3.8, 4) is 0 Å². The van der Waals surface area contributed by atoms with Gasteiger partial charge in [0.05, 0.1) is 28.9 Å². The second-order valence-electron chi connectivity index (χ2n) is 5.12. The molecule has 2 aromatic heterocycles. The van der Waals surface area contributed by atoms with Crippen LogP contribution in [0.25, 0.3) is 0 Å². The smallest absolute Gasteiger partial charge is 0.0970 e. The first-order valence-electron chi connectivity index (χ1n) is 6.82. The molecule has 1 N–H and O–H groups in total. The molecule has 6 heteroatoms. The summed E-state index contributed by atoms with van der Waals surface area (Å²) in [5, 5.41) is 18.4. The van der Waals surface area contributed by atoms with E-state index >= 15 is 0 Å². The highest BCUT2D eigenvalue weighted by Gasteiger charge is 2.17. The largest absolute Gasteiger partial charge is 0.387 e. The van der Waals surface area contributed by atoms with Crippen LogP contribution in [0.15, 0.2) is 18.5 Å². The van der Waals surface area contributed by atoms with Crippen LogP contribution in [0.1, 0.15) is 54.8 Å². The summed E-state index contributed by atoms with van der Waals surface area (Å²) in [6.07, 6.45) is 10.0. The van der Waals surface area contributed by atoms with Crippen molar-refractivity contribution in [3.63, 3.8) is 0 Å². The summed E-state index contributed by atoms with van der Waals surface area (Å²) in [4.78, 5) is 0.798. The third kappa shape index (κ3) is 3.01. The first-order chi connectivity index (χ1) is 9.33.